The molecule has 0 bridgehead atoms. The van der Waals surface area contributed by atoms with Crippen LogP contribution in [0.25, 0.3) is 0 Å². The molecule has 0 unspecified atom stereocenters. The summed E-state index contributed by atoms with van der Waals surface area (Å²) in [5.41, 5.74) is 0. The molecule has 0 spiro atoms. The highest BCUT2D eigenvalue weighted by Gasteiger charge is 2.38. The molecule has 3 rings (SSSR count). The van der Waals surface area contributed by atoms with Gasteiger partial charge >= 0.3 is 0 Å². The Morgan fingerprint density at radius 1 is 1.27 bits per heavy atom. The fourth-order valence-electron chi connectivity index (χ4n) is 3.79. The fraction of sp³-hybridized carbons (Fsp3) is 0.688. The SMILES string of the molecule is CN(CC(=O)N1CCC[C@@H]1[C@H]1CCCN1C)c1cnccn1. The predicted octanol–water partition coefficient (Wildman–Crippen LogP) is 0.998. The van der Waals surface area contributed by atoms with Gasteiger partial charge in [-0.25, -0.2) is 4.98 Å². The zero-order chi connectivity index (χ0) is 15.5. The van der Waals surface area contributed by atoms with Crippen LogP contribution in [0.5, 0.6) is 0 Å². The Kier molecular flexibility index (Phi) is 4.57. The summed E-state index contributed by atoms with van der Waals surface area (Å²) in [6.07, 6.45) is 9.71. The lowest BCUT2D eigenvalue weighted by Gasteiger charge is -2.34. The maximum absolute atomic E-state index is 12.7. The van der Waals surface area contributed by atoms with Gasteiger partial charge in [-0.3, -0.25) is 9.78 Å². The van der Waals surface area contributed by atoms with Gasteiger partial charge in [-0.15, -0.1) is 0 Å². The average Bonchev–Trinajstić information content (AvgIpc) is 3.16. The van der Waals surface area contributed by atoms with Crippen molar-refractivity contribution in [1.82, 2.24) is 19.8 Å². The molecular weight excluding hydrogens is 278 g/mol. The second-order valence-electron chi connectivity index (χ2n) is 6.41. The number of rotatable bonds is 4. The van der Waals surface area contributed by atoms with Gasteiger partial charge in [0.1, 0.15) is 5.82 Å². The highest BCUT2D eigenvalue weighted by atomic mass is 16.2. The maximum atomic E-state index is 12.7. The number of carbonyl (C=O) groups is 1. The normalized spacial score (nSPS) is 25.6. The lowest BCUT2D eigenvalue weighted by molar-refractivity contribution is -0.131. The monoisotopic (exact) mass is 303 g/mol. The molecule has 0 aliphatic carbocycles. The first kappa shape index (κ1) is 15.2. The van der Waals surface area contributed by atoms with E-state index >= 15 is 0 Å². The van der Waals surface area contributed by atoms with Gasteiger partial charge in [-0.1, -0.05) is 0 Å². The van der Waals surface area contributed by atoms with Gasteiger partial charge in [0.15, 0.2) is 0 Å². The van der Waals surface area contributed by atoms with Crippen molar-refractivity contribution in [3.8, 4) is 0 Å². The van der Waals surface area contributed by atoms with Crippen LogP contribution < -0.4 is 4.90 Å². The zero-order valence-electron chi connectivity index (χ0n) is 13.5. The average molecular weight is 303 g/mol. The molecule has 2 aliphatic rings. The first-order valence-electron chi connectivity index (χ1n) is 8.13. The first-order valence-corrected chi connectivity index (χ1v) is 8.13. The van der Waals surface area contributed by atoms with Gasteiger partial charge < -0.3 is 14.7 Å². The van der Waals surface area contributed by atoms with Crippen LogP contribution in [0.1, 0.15) is 25.7 Å². The molecule has 1 aromatic heterocycles. The van der Waals surface area contributed by atoms with Gasteiger partial charge in [-0.05, 0) is 39.3 Å². The Morgan fingerprint density at radius 3 is 2.73 bits per heavy atom. The summed E-state index contributed by atoms with van der Waals surface area (Å²) in [7, 11) is 4.08. The molecular formula is C16H25N5O. The highest BCUT2D eigenvalue weighted by Crippen LogP contribution is 2.29. The van der Waals surface area contributed by atoms with E-state index in [0.717, 1.165) is 31.7 Å². The molecule has 0 N–H and O–H groups in total. The third-order valence-electron chi connectivity index (χ3n) is 4.95. The number of likely N-dealkylation sites (tertiary alicyclic amines) is 2. The minimum absolute atomic E-state index is 0.205. The van der Waals surface area contributed by atoms with Crippen LogP contribution in [-0.4, -0.2) is 71.5 Å². The number of likely N-dealkylation sites (N-methyl/N-ethyl adjacent to an activating group) is 2. The van der Waals surface area contributed by atoms with Crippen LogP contribution in [0.4, 0.5) is 5.82 Å². The molecule has 1 amide bonds. The number of anilines is 1. The molecule has 6 nitrogen and oxygen atoms in total. The predicted molar refractivity (Wildman–Crippen MR) is 85.7 cm³/mol. The molecule has 2 atom stereocenters. The van der Waals surface area contributed by atoms with Crippen molar-refractivity contribution in [1.29, 1.82) is 0 Å². The molecule has 0 saturated carbocycles. The first-order chi connectivity index (χ1) is 10.7. The van der Waals surface area contributed by atoms with Crippen LogP contribution >= 0.6 is 0 Å². The number of hydrogen-bond acceptors (Lipinski definition) is 5. The number of hydrogen-bond donors (Lipinski definition) is 0. The smallest absolute Gasteiger partial charge is 0.242 e. The summed E-state index contributed by atoms with van der Waals surface area (Å²) in [6.45, 7) is 2.41. The Labute approximate surface area is 132 Å². The van der Waals surface area contributed by atoms with Crippen molar-refractivity contribution in [2.75, 3.05) is 38.6 Å². The quantitative estimate of drug-likeness (QED) is 0.830. The molecule has 1 aromatic rings. The van der Waals surface area contributed by atoms with Crippen molar-refractivity contribution in [3.63, 3.8) is 0 Å². The molecule has 0 aromatic carbocycles. The van der Waals surface area contributed by atoms with E-state index in [1.165, 1.54) is 12.8 Å². The van der Waals surface area contributed by atoms with E-state index in [-0.39, 0.29) is 5.91 Å². The summed E-state index contributed by atoms with van der Waals surface area (Å²) >= 11 is 0. The van der Waals surface area contributed by atoms with Gasteiger partial charge in [-0.2, -0.15) is 0 Å². The van der Waals surface area contributed by atoms with Gasteiger partial charge in [0.05, 0.1) is 12.7 Å². The Hall–Kier alpha value is -1.69. The van der Waals surface area contributed by atoms with Gasteiger partial charge in [0, 0.05) is 38.1 Å². The van der Waals surface area contributed by atoms with E-state index in [1.807, 2.05) is 11.9 Å². The number of carbonyl (C=O) groups excluding carboxylic acids is 1. The van der Waals surface area contributed by atoms with E-state index < -0.39 is 0 Å². The van der Waals surface area contributed by atoms with E-state index in [1.54, 1.807) is 18.6 Å². The number of nitrogens with zero attached hydrogens (tertiary/aromatic N) is 5. The van der Waals surface area contributed by atoms with Crippen molar-refractivity contribution in [3.05, 3.63) is 18.6 Å². The molecule has 22 heavy (non-hydrogen) atoms. The summed E-state index contributed by atoms with van der Waals surface area (Å²) in [5, 5.41) is 0. The second kappa shape index (κ2) is 6.60. The Balaban J connectivity index is 1.63. The lowest BCUT2D eigenvalue weighted by atomic mass is 10.0. The Bertz CT molecular complexity index is 509. The van der Waals surface area contributed by atoms with Gasteiger partial charge in [0.2, 0.25) is 5.91 Å². The topological polar surface area (TPSA) is 52.6 Å². The van der Waals surface area contributed by atoms with Crippen LogP contribution in [0.3, 0.4) is 0 Å². The minimum atomic E-state index is 0.205. The summed E-state index contributed by atoms with van der Waals surface area (Å²) in [6, 6.07) is 0.920. The summed E-state index contributed by atoms with van der Waals surface area (Å²) in [5.74, 6) is 0.945. The van der Waals surface area contributed by atoms with E-state index in [2.05, 4.69) is 26.8 Å². The fourth-order valence-corrected chi connectivity index (χ4v) is 3.79. The summed E-state index contributed by atoms with van der Waals surface area (Å²) < 4.78 is 0. The van der Waals surface area contributed by atoms with Crippen molar-refractivity contribution >= 4 is 11.7 Å². The zero-order valence-corrected chi connectivity index (χ0v) is 13.5. The molecule has 3 heterocycles. The van der Waals surface area contributed by atoms with Crippen LogP contribution in [0.2, 0.25) is 0 Å². The third kappa shape index (κ3) is 3.06. The van der Waals surface area contributed by atoms with Crippen molar-refractivity contribution < 1.29 is 4.79 Å². The maximum Gasteiger partial charge on any atom is 0.242 e. The van der Waals surface area contributed by atoms with E-state index in [9.17, 15) is 4.79 Å². The molecule has 120 valence electrons. The third-order valence-corrected chi connectivity index (χ3v) is 4.95. The van der Waals surface area contributed by atoms with E-state index in [0.29, 0.717) is 18.6 Å². The summed E-state index contributed by atoms with van der Waals surface area (Å²) in [4.78, 5) is 27.4. The standard InChI is InChI=1S/C16H25N5O/c1-19-9-3-5-13(19)14-6-4-10-21(14)16(22)12-20(2)15-11-17-7-8-18-15/h7-8,11,13-14H,3-6,9-10,12H2,1-2H3/t13-,14-/m1/s1. The number of aromatic nitrogens is 2. The molecule has 2 aliphatic heterocycles. The highest BCUT2D eigenvalue weighted by molar-refractivity contribution is 5.81. The van der Waals surface area contributed by atoms with Crippen molar-refractivity contribution in [2.45, 2.75) is 37.8 Å². The minimum Gasteiger partial charge on any atom is -0.349 e. The van der Waals surface area contributed by atoms with Gasteiger partial charge in [0.25, 0.3) is 0 Å². The van der Waals surface area contributed by atoms with E-state index in [4.69, 9.17) is 0 Å². The molecule has 6 heteroatoms. The molecule has 2 fully saturated rings. The molecule has 0 radical (unpaired) electrons. The lowest BCUT2D eigenvalue weighted by Crippen LogP contribution is -2.49. The Morgan fingerprint density at radius 2 is 2.05 bits per heavy atom. The van der Waals surface area contributed by atoms with Crippen LogP contribution in [0, 0.1) is 0 Å². The van der Waals surface area contributed by atoms with Crippen LogP contribution in [0.15, 0.2) is 18.6 Å². The number of amides is 1. The largest absolute Gasteiger partial charge is 0.349 e. The van der Waals surface area contributed by atoms with Crippen LogP contribution in [-0.2, 0) is 4.79 Å². The van der Waals surface area contributed by atoms with Crippen molar-refractivity contribution in [2.24, 2.45) is 0 Å². The molecule has 2 saturated heterocycles. The second-order valence-corrected chi connectivity index (χ2v) is 6.41.